The number of aromatic hydroxyl groups is 1. The monoisotopic (exact) mass is 261 g/mol. The highest BCUT2D eigenvalue weighted by atomic mass is 127. The first-order valence-electron chi connectivity index (χ1n) is 2.96. The third-order valence-electron chi connectivity index (χ3n) is 1.29. The van der Waals surface area contributed by atoms with Crippen molar-refractivity contribution >= 4 is 33.8 Å². The fraction of sp³-hybridized carbons (Fsp3) is 0. The van der Waals surface area contributed by atoms with Crippen LogP contribution in [0.15, 0.2) is 12.3 Å². The van der Waals surface area contributed by atoms with Crippen molar-refractivity contribution in [3.05, 3.63) is 16.1 Å². The van der Waals surface area contributed by atoms with Crippen LogP contribution in [0.25, 0.3) is 11.2 Å². The van der Waals surface area contributed by atoms with Gasteiger partial charge in [0.05, 0.1) is 6.20 Å². The number of aromatic nitrogens is 3. The lowest BCUT2D eigenvalue weighted by molar-refractivity contribution is 0.473. The second-order valence-electron chi connectivity index (χ2n) is 2.09. The SMILES string of the molecule is Oc1cnc2[nH]c(I)nc2c1. The normalized spacial score (nSPS) is 10.6. The molecule has 2 aromatic rings. The Bertz CT molecular complexity index is 398. The lowest BCUT2D eigenvalue weighted by Crippen LogP contribution is -1.74. The largest absolute Gasteiger partial charge is 0.506 e. The molecule has 0 unspecified atom stereocenters. The summed E-state index contributed by atoms with van der Waals surface area (Å²) >= 11 is 2.06. The van der Waals surface area contributed by atoms with E-state index in [-0.39, 0.29) is 5.75 Å². The van der Waals surface area contributed by atoms with Crippen molar-refractivity contribution in [3.8, 4) is 5.75 Å². The number of pyridine rings is 1. The maximum atomic E-state index is 9.02. The van der Waals surface area contributed by atoms with Gasteiger partial charge in [-0.15, -0.1) is 0 Å². The van der Waals surface area contributed by atoms with Gasteiger partial charge in [-0.2, -0.15) is 0 Å². The summed E-state index contributed by atoms with van der Waals surface area (Å²) in [6.45, 7) is 0. The maximum Gasteiger partial charge on any atom is 0.170 e. The summed E-state index contributed by atoms with van der Waals surface area (Å²) in [5, 5.41) is 9.02. The molecule has 2 N–H and O–H groups in total. The molecule has 2 aromatic heterocycles. The Morgan fingerprint density at radius 3 is 3.18 bits per heavy atom. The highest BCUT2D eigenvalue weighted by molar-refractivity contribution is 14.1. The Labute approximate surface area is 75.8 Å². The van der Waals surface area contributed by atoms with Crippen LogP contribution in [0.4, 0.5) is 0 Å². The van der Waals surface area contributed by atoms with Crippen molar-refractivity contribution in [2.24, 2.45) is 0 Å². The molecule has 2 heterocycles. The molecule has 0 spiro atoms. The molecule has 0 aromatic carbocycles. The van der Waals surface area contributed by atoms with Crippen molar-refractivity contribution in [3.63, 3.8) is 0 Å². The predicted molar refractivity (Wildman–Crippen MR) is 48.3 cm³/mol. The summed E-state index contributed by atoms with van der Waals surface area (Å²) in [7, 11) is 0. The van der Waals surface area contributed by atoms with Crippen LogP contribution in [-0.4, -0.2) is 20.1 Å². The highest BCUT2D eigenvalue weighted by Crippen LogP contribution is 2.14. The zero-order chi connectivity index (χ0) is 7.84. The zero-order valence-electron chi connectivity index (χ0n) is 5.37. The predicted octanol–water partition coefficient (Wildman–Crippen LogP) is 1.27. The number of hydrogen-bond donors (Lipinski definition) is 2. The summed E-state index contributed by atoms with van der Waals surface area (Å²) in [5.74, 6) is 0.139. The van der Waals surface area contributed by atoms with Gasteiger partial charge in [0.15, 0.2) is 9.48 Å². The number of rotatable bonds is 0. The lowest BCUT2D eigenvalue weighted by Gasteiger charge is -1.87. The molecular weight excluding hydrogens is 257 g/mol. The summed E-state index contributed by atoms with van der Waals surface area (Å²) in [5.41, 5.74) is 1.39. The quantitative estimate of drug-likeness (QED) is 0.702. The van der Waals surface area contributed by atoms with E-state index in [2.05, 4.69) is 37.5 Å². The van der Waals surface area contributed by atoms with Crippen LogP contribution in [0, 0.1) is 3.83 Å². The molecule has 4 nitrogen and oxygen atoms in total. The summed E-state index contributed by atoms with van der Waals surface area (Å²) < 4.78 is 0.774. The minimum atomic E-state index is 0.139. The molecule has 0 fully saturated rings. The molecule has 0 saturated carbocycles. The van der Waals surface area contributed by atoms with Crippen LogP contribution in [0.5, 0.6) is 5.75 Å². The van der Waals surface area contributed by atoms with Crippen LogP contribution >= 0.6 is 22.6 Å². The second-order valence-corrected chi connectivity index (χ2v) is 3.11. The van der Waals surface area contributed by atoms with Gasteiger partial charge in [-0.3, -0.25) is 0 Å². The first-order chi connectivity index (χ1) is 5.25. The Kier molecular flexibility index (Phi) is 1.45. The van der Waals surface area contributed by atoms with Crippen LogP contribution in [0.2, 0.25) is 0 Å². The Hall–Kier alpha value is -0.850. The number of H-pyrrole nitrogens is 1. The Morgan fingerprint density at radius 2 is 2.36 bits per heavy atom. The van der Waals surface area contributed by atoms with Crippen molar-refractivity contribution in [1.82, 2.24) is 15.0 Å². The van der Waals surface area contributed by atoms with Crippen molar-refractivity contribution in [2.45, 2.75) is 0 Å². The third-order valence-corrected chi connectivity index (χ3v) is 1.80. The lowest BCUT2D eigenvalue weighted by atomic mass is 10.4. The van der Waals surface area contributed by atoms with Crippen LogP contribution in [0.3, 0.4) is 0 Å². The number of halogens is 1. The molecule has 0 amide bonds. The van der Waals surface area contributed by atoms with E-state index in [4.69, 9.17) is 5.11 Å². The van der Waals surface area contributed by atoms with Gasteiger partial charge >= 0.3 is 0 Å². The van der Waals surface area contributed by atoms with Gasteiger partial charge in [0.1, 0.15) is 11.3 Å². The Balaban J connectivity index is 2.82. The van der Waals surface area contributed by atoms with Crippen molar-refractivity contribution < 1.29 is 5.11 Å². The first-order valence-corrected chi connectivity index (χ1v) is 4.04. The van der Waals surface area contributed by atoms with E-state index in [1.54, 1.807) is 6.07 Å². The van der Waals surface area contributed by atoms with Crippen LogP contribution in [-0.2, 0) is 0 Å². The third kappa shape index (κ3) is 1.15. The van der Waals surface area contributed by atoms with Crippen LogP contribution < -0.4 is 0 Å². The fourth-order valence-corrected chi connectivity index (χ4v) is 1.37. The smallest absolute Gasteiger partial charge is 0.170 e. The van der Waals surface area contributed by atoms with E-state index < -0.39 is 0 Å². The van der Waals surface area contributed by atoms with Gasteiger partial charge in [-0.05, 0) is 22.6 Å². The fourth-order valence-electron chi connectivity index (χ4n) is 0.855. The minimum absolute atomic E-state index is 0.139. The number of aromatic amines is 1. The zero-order valence-corrected chi connectivity index (χ0v) is 7.53. The van der Waals surface area contributed by atoms with Gasteiger partial charge in [0.25, 0.3) is 0 Å². The van der Waals surface area contributed by atoms with Gasteiger partial charge in [0, 0.05) is 6.07 Å². The molecule has 11 heavy (non-hydrogen) atoms. The molecule has 2 rings (SSSR count). The molecule has 5 heteroatoms. The average Bonchev–Trinajstić information content (AvgIpc) is 2.27. The molecule has 0 radical (unpaired) electrons. The van der Waals surface area contributed by atoms with E-state index in [0.29, 0.717) is 11.2 Å². The summed E-state index contributed by atoms with van der Waals surface area (Å²) in [4.78, 5) is 11.0. The molecule has 0 aliphatic carbocycles. The molecule has 56 valence electrons. The molecule has 0 bridgehead atoms. The van der Waals surface area contributed by atoms with Gasteiger partial charge in [-0.25, -0.2) is 9.97 Å². The topological polar surface area (TPSA) is 61.8 Å². The van der Waals surface area contributed by atoms with Crippen molar-refractivity contribution in [1.29, 1.82) is 0 Å². The number of nitrogens with zero attached hydrogens (tertiary/aromatic N) is 2. The number of imidazole rings is 1. The van der Waals surface area contributed by atoms with E-state index >= 15 is 0 Å². The van der Waals surface area contributed by atoms with Gasteiger partial charge < -0.3 is 10.1 Å². The first kappa shape index (κ1) is 6.84. The summed E-state index contributed by atoms with van der Waals surface area (Å²) in [6.07, 6.45) is 1.39. The standard InChI is InChI=1S/C6H4IN3O/c7-6-9-4-1-3(11)2-8-5(4)10-6/h1-2,11H,(H,8,9,10). The van der Waals surface area contributed by atoms with Gasteiger partial charge in [-0.1, -0.05) is 0 Å². The van der Waals surface area contributed by atoms with Gasteiger partial charge in [0.2, 0.25) is 0 Å². The molecule has 0 aliphatic rings. The molecular formula is C6H4IN3O. The number of fused-ring (bicyclic) bond motifs is 1. The minimum Gasteiger partial charge on any atom is -0.506 e. The van der Waals surface area contributed by atoms with Crippen molar-refractivity contribution in [2.75, 3.05) is 0 Å². The number of nitrogens with one attached hydrogen (secondary N) is 1. The molecule has 0 atom stereocenters. The summed E-state index contributed by atoms with van der Waals surface area (Å²) in [6, 6.07) is 1.57. The van der Waals surface area contributed by atoms with E-state index in [0.717, 1.165) is 3.83 Å². The average molecular weight is 261 g/mol. The number of hydrogen-bond acceptors (Lipinski definition) is 3. The highest BCUT2D eigenvalue weighted by Gasteiger charge is 2.00. The van der Waals surface area contributed by atoms with E-state index in [9.17, 15) is 0 Å². The van der Waals surface area contributed by atoms with Crippen LogP contribution in [0.1, 0.15) is 0 Å². The Morgan fingerprint density at radius 1 is 1.55 bits per heavy atom. The molecule has 0 aliphatic heterocycles. The van der Waals surface area contributed by atoms with E-state index in [1.807, 2.05) is 0 Å². The van der Waals surface area contributed by atoms with E-state index in [1.165, 1.54) is 6.20 Å². The second kappa shape index (κ2) is 2.33. The molecule has 0 saturated heterocycles. The maximum absolute atomic E-state index is 9.02.